The fourth-order valence-corrected chi connectivity index (χ4v) is 2.72. The van der Waals surface area contributed by atoms with E-state index in [1.807, 2.05) is 6.92 Å². The smallest absolute Gasteiger partial charge is 0.274 e. The number of halogens is 2. The summed E-state index contributed by atoms with van der Waals surface area (Å²) in [6.07, 6.45) is 1.54. The average molecular weight is 393 g/mol. The summed E-state index contributed by atoms with van der Waals surface area (Å²) in [6.45, 7) is 4.53. The molecular formula is C18H18ClFN4O3. The van der Waals surface area contributed by atoms with Crippen molar-refractivity contribution in [2.45, 2.75) is 33.5 Å². The third-order valence-corrected chi connectivity index (χ3v) is 4.33. The zero-order valence-corrected chi connectivity index (χ0v) is 15.6. The van der Waals surface area contributed by atoms with E-state index in [0.717, 1.165) is 0 Å². The molecule has 0 saturated carbocycles. The topological polar surface area (TPSA) is 82.2 Å². The molecule has 142 valence electrons. The molecular weight excluding hydrogens is 375 g/mol. The molecule has 0 unspecified atom stereocenters. The van der Waals surface area contributed by atoms with Crippen molar-refractivity contribution in [2.75, 3.05) is 0 Å². The Balaban J connectivity index is 1.68. The molecule has 3 aromatic rings. The van der Waals surface area contributed by atoms with Crippen LogP contribution in [0.5, 0.6) is 5.75 Å². The number of amides is 1. The minimum absolute atomic E-state index is 0.0668. The van der Waals surface area contributed by atoms with Gasteiger partial charge in [0.15, 0.2) is 5.69 Å². The molecule has 0 aliphatic heterocycles. The second-order valence-electron chi connectivity index (χ2n) is 5.75. The second-order valence-corrected chi connectivity index (χ2v) is 6.15. The quantitative estimate of drug-likeness (QED) is 0.665. The maximum absolute atomic E-state index is 13.0. The van der Waals surface area contributed by atoms with Crippen LogP contribution >= 0.6 is 11.6 Å². The minimum Gasteiger partial charge on any atom is -0.489 e. The van der Waals surface area contributed by atoms with Crippen LogP contribution in [0.1, 0.15) is 34.4 Å². The van der Waals surface area contributed by atoms with Crippen LogP contribution in [0.3, 0.4) is 0 Å². The molecule has 7 nitrogen and oxygen atoms in total. The van der Waals surface area contributed by atoms with Crippen LogP contribution in [0.4, 0.5) is 4.39 Å². The molecule has 27 heavy (non-hydrogen) atoms. The zero-order valence-electron chi connectivity index (χ0n) is 14.8. The van der Waals surface area contributed by atoms with Crippen molar-refractivity contribution >= 4 is 17.5 Å². The first-order valence-corrected chi connectivity index (χ1v) is 8.69. The van der Waals surface area contributed by atoms with E-state index in [1.54, 1.807) is 11.6 Å². The van der Waals surface area contributed by atoms with E-state index in [4.69, 9.17) is 20.9 Å². The fourth-order valence-electron chi connectivity index (χ4n) is 2.51. The molecule has 1 N–H and O–H groups in total. The van der Waals surface area contributed by atoms with Crippen molar-refractivity contribution in [1.82, 2.24) is 20.3 Å². The van der Waals surface area contributed by atoms with E-state index in [2.05, 4.69) is 15.6 Å². The summed E-state index contributed by atoms with van der Waals surface area (Å²) in [5.41, 5.74) is 1.36. The van der Waals surface area contributed by atoms with Gasteiger partial charge in [-0.15, -0.1) is 0 Å². The van der Waals surface area contributed by atoms with Gasteiger partial charge in [0.2, 0.25) is 0 Å². The van der Waals surface area contributed by atoms with Gasteiger partial charge < -0.3 is 14.6 Å². The summed E-state index contributed by atoms with van der Waals surface area (Å²) in [4.78, 5) is 12.5. The molecule has 9 heteroatoms. The molecule has 0 saturated heterocycles. The molecule has 2 aromatic heterocycles. The molecule has 3 rings (SSSR count). The molecule has 0 aliphatic carbocycles. The highest BCUT2D eigenvalue weighted by molar-refractivity contribution is 6.31. The molecule has 2 heterocycles. The van der Waals surface area contributed by atoms with Gasteiger partial charge >= 0.3 is 0 Å². The van der Waals surface area contributed by atoms with Gasteiger partial charge in [0.05, 0.1) is 29.0 Å². The van der Waals surface area contributed by atoms with Gasteiger partial charge in [0.1, 0.15) is 23.9 Å². The molecule has 0 aliphatic rings. The Labute approximate surface area is 160 Å². The van der Waals surface area contributed by atoms with E-state index in [-0.39, 0.29) is 24.7 Å². The lowest BCUT2D eigenvalue weighted by molar-refractivity contribution is 0.0938. The number of carbonyl (C=O) groups excluding carboxylic acids is 1. The number of hydrogen-bond donors (Lipinski definition) is 1. The van der Waals surface area contributed by atoms with Crippen LogP contribution in [0.15, 0.2) is 35.0 Å². The molecule has 1 amide bonds. The Hall–Kier alpha value is -2.87. The summed E-state index contributed by atoms with van der Waals surface area (Å²) >= 11 is 6.10. The van der Waals surface area contributed by atoms with Crippen molar-refractivity contribution in [1.29, 1.82) is 0 Å². The van der Waals surface area contributed by atoms with Crippen LogP contribution in [0.2, 0.25) is 5.02 Å². The monoisotopic (exact) mass is 392 g/mol. The number of nitrogens with one attached hydrogen (secondary N) is 1. The maximum atomic E-state index is 13.0. The van der Waals surface area contributed by atoms with E-state index in [1.165, 1.54) is 30.5 Å². The SMILES string of the molecule is CCn1ncc(Cl)c1CNC(=O)c1noc(C)c1COc1ccc(F)cc1. The fraction of sp³-hybridized carbons (Fsp3) is 0.278. The predicted octanol–water partition coefficient (Wildman–Crippen LogP) is 3.50. The Kier molecular flexibility index (Phi) is 5.75. The van der Waals surface area contributed by atoms with Gasteiger partial charge in [-0.05, 0) is 38.1 Å². The van der Waals surface area contributed by atoms with Gasteiger partial charge in [-0.2, -0.15) is 5.10 Å². The van der Waals surface area contributed by atoms with E-state index >= 15 is 0 Å². The lowest BCUT2D eigenvalue weighted by Gasteiger charge is -2.08. The maximum Gasteiger partial charge on any atom is 0.274 e. The number of nitrogens with zero attached hydrogens (tertiary/aromatic N) is 3. The number of aryl methyl sites for hydroxylation is 2. The molecule has 1 aromatic carbocycles. The van der Waals surface area contributed by atoms with Crippen LogP contribution in [-0.4, -0.2) is 20.8 Å². The number of hydrogen-bond acceptors (Lipinski definition) is 5. The number of ether oxygens (including phenoxy) is 1. The molecule has 0 radical (unpaired) electrons. The standard InChI is InChI=1S/C18H18ClFN4O3/c1-3-24-16(15(19)8-22-24)9-21-18(25)17-14(11(2)27-23-17)10-26-13-6-4-12(20)5-7-13/h4-8H,3,9-10H2,1-2H3,(H,21,25). The van der Waals surface area contributed by atoms with Crippen molar-refractivity contribution in [3.05, 3.63) is 64.0 Å². The molecule has 0 fully saturated rings. The summed E-state index contributed by atoms with van der Waals surface area (Å²) in [5, 5.41) is 11.2. The average Bonchev–Trinajstić information content (AvgIpc) is 3.21. The first-order valence-electron chi connectivity index (χ1n) is 8.31. The van der Waals surface area contributed by atoms with Crippen molar-refractivity contribution in [3.63, 3.8) is 0 Å². The predicted molar refractivity (Wildman–Crippen MR) is 96.1 cm³/mol. The summed E-state index contributed by atoms with van der Waals surface area (Å²) < 4.78 is 25.4. The van der Waals surface area contributed by atoms with Gasteiger partial charge in [-0.25, -0.2) is 4.39 Å². The lowest BCUT2D eigenvalue weighted by Crippen LogP contribution is -2.26. The minimum atomic E-state index is -0.413. The molecule has 0 atom stereocenters. The van der Waals surface area contributed by atoms with Gasteiger partial charge in [0, 0.05) is 6.54 Å². The Bertz CT molecular complexity index is 937. The second kappa shape index (κ2) is 8.22. The summed E-state index contributed by atoms with van der Waals surface area (Å²) in [5.74, 6) is 0.180. The van der Waals surface area contributed by atoms with Crippen molar-refractivity contribution in [3.8, 4) is 5.75 Å². The van der Waals surface area contributed by atoms with E-state index in [9.17, 15) is 9.18 Å². The first kappa shape index (κ1) is 18.9. The van der Waals surface area contributed by atoms with Crippen LogP contribution in [-0.2, 0) is 19.7 Å². The van der Waals surface area contributed by atoms with Gasteiger partial charge in [-0.1, -0.05) is 16.8 Å². The van der Waals surface area contributed by atoms with Gasteiger partial charge in [-0.3, -0.25) is 9.48 Å². The summed E-state index contributed by atoms with van der Waals surface area (Å²) in [6, 6.07) is 5.60. The van der Waals surface area contributed by atoms with Crippen LogP contribution < -0.4 is 10.1 Å². The number of aromatic nitrogens is 3. The van der Waals surface area contributed by atoms with Gasteiger partial charge in [0.25, 0.3) is 5.91 Å². The highest BCUT2D eigenvalue weighted by Crippen LogP contribution is 2.19. The lowest BCUT2D eigenvalue weighted by atomic mass is 10.2. The highest BCUT2D eigenvalue weighted by Gasteiger charge is 2.21. The zero-order chi connectivity index (χ0) is 19.4. The Morgan fingerprint density at radius 2 is 2.11 bits per heavy atom. The van der Waals surface area contributed by atoms with Crippen LogP contribution in [0, 0.1) is 12.7 Å². The normalized spacial score (nSPS) is 10.8. The van der Waals surface area contributed by atoms with Crippen LogP contribution in [0.25, 0.3) is 0 Å². The van der Waals surface area contributed by atoms with E-state index in [0.29, 0.717) is 34.3 Å². The third kappa shape index (κ3) is 4.28. The number of carbonyl (C=O) groups is 1. The first-order chi connectivity index (χ1) is 13.0. The molecule has 0 spiro atoms. The number of benzene rings is 1. The largest absolute Gasteiger partial charge is 0.489 e. The Morgan fingerprint density at radius 3 is 2.81 bits per heavy atom. The Morgan fingerprint density at radius 1 is 1.37 bits per heavy atom. The summed E-state index contributed by atoms with van der Waals surface area (Å²) in [7, 11) is 0. The molecule has 0 bridgehead atoms. The number of rotatable bonds is 7. The van der Waals surface area contributed by atoms with E-state index < -0.39 is 5.91 Å². The highest BCUT2D eigenvalue weighted by atomic mass is 35.5. The third-order valence-electron chi connectivity index (χ3n) is 4.01. The van der Waals surface area contributed by atoms with Crippen molar-refractivity contribution in [2.24, 2.45) is 0 Å². The van der Waals surface area contributed by atoms with Crippen molar-refractivity contribution < 1.29 is 18.4 Å².